The summed E-state index contributed by atoms with van der Waals surface area (Å²) >= 11 is 0. The second-order valence-corrected chi connectivity index (χ2v) is 27.9. The van der Waals surface area contributed by atoms with E-state index in [2.05, 4.69) is 40.7 Å². The molecule has 0 aromatic heterocycles. The van der Waals surface area contributed by atoms with Gasteiger partial charge in [-0.3, -0.25) is 4.79 Å². The van der Waals surface area contributed by atoms with Crippen molar-refractivity contribution in [2.24, 2.45) is 50.7 Å². The van der Waals surface area contributed by atoms with Crippen LogP contribution >= 0.6 is 0 Å². The van der Waals surface area contributed by atoms with Crippen molar-refractivity contribution in [3.8, 4) is 0 Å². The second kappa shape index (κ2) is 23.8. The van der Waals surface area contributed by atoms with Crippen LogP contribution in [0.15, 0.2) is 11.6 Å². The third kappa shape index (κ3) is 10.6. The summed E-state index contributed by atoms with van der Waals surface area (Å²) in [4.78, 5) is 15.7. The highest BCUT2D eigenvalue weighted by Crippen LogP contribution is 2.76. The summed E-state index contributed by atoms with van der Waals surface area (Å²) < 4.78 is 59.6. The summed E-state index contributed by atoms with van der Waals surface area (Å²) in [6.45, 7) is 14.4. The van der Waals surface area contributed by atoms with E-state index >= 15 is 4.79 Å². The summed E-state index contributed by atoms with van der Waals surface area (Å²) in [7, 11) is 0. The molecule has 0 amide bonds. The van der Waals surface area contributed by atoms with Gasteiger partial charge in [0.05, 0.1) is 49.7 Å². The average molecular weight is 1210 g/mol. The minimum Gasteiger partial charge on any atom is -0.432 e. The van der Waals surface area contributed by atoms with Crippen LogP contribution in [0.3, 0.4) is 0 Å². The van der Waals surface area contributed by atoms with E-state index in [0.717, 1.165) is 24.8 Å². The van der Waals surface area contributed by atoms with Gasteiger partial charge in [0.2, 0.25) is 6.29 Å². The monoisotopic (exact) mass is 1210 g/mol. The molecule has 0 unspecified atom stereocenters. The standard InChI is InChI=1S/C58H94O26/c1-23-11-16-58(52(73)84-51-45(83-49-41(70)37(66)33(62)24(2)78-49)39(68)36(65)29(80-51)22-77-47-40(69)34(63)26(60)20-75-47)18-17-55(6)25(46(58)57(23,8)74)9-10-31-54(5)14-13-32(53(3,4)30(54)12-15-56(31,55)7)81-48-43(72)44(27(61)21-76-48)82-50-42(71)38(67)35(64)28(19-59)79-50/h9,23-24,26-51,59-72,74H,10-22H2,1-8H3/t23-,24+,26-,27+,28-,29-,30-,31+,32+,33+,34+,35-,36-,37-,38+,39+,40-,41-,42-,43-,44+,45-,46+,47+,48+,49+,50+,51+,54+,55-,56-,57-,58+/m1/s1. The van der Waals surface area contributed by atoms with Crippen molar-refractivity contribution in [1.82, 2.24) is 0 Å². The first-order chi connectivity index (χ1) is 39.3. The van der Waals surface area contributed by atoms with Gasteiger partial charge in [-0.05, 0) is 111 Å². The van der Waals surface area contributed by atoms with Crippen molar-refractivity contribution in [2.45, 2.75) is 266 Å². The van der Waals surface area contributed by atoms with Crippen molar-refractivity contribution in [2.75, 3.05) is 26.4 Å². The molecule has 9 fully saturated rings. The zero-order valence-electron chi connectivity index (χ0n) is 49.1. The van der Waals surface area contributed by atoms with Gasteiger partial charge in [0, 0.05) is 5.92 Å². The highest BCUT2D eigenvalue weighted by molar-refractivity contribution is 5.79. The molecule has 5 aliphatic carbocycles. The molecule has 0 aromatic rings. The van der Waals surface area contributed by atoms with Crippen LogP contribution in [0.4, 0.5) is 0 Å². The molecule has 4 saturated carbocycles. The van der Waals surface area contributed by atoms with Gasteiger partial charge in [-0.2, -0.15) is 0 Å². The number of allylic oxidation sites excluding steroid dienone is 1. The van der Waals surface area contributed by atoms with E-state index in [1.807, 2.05) is 6.92 Å². The van der Waals surface area contributed by atoms with Gasteiger partial charge in [0.15, 0.2) is 31.3 Å². The number of hydrogen-bond donors (Lipinski definition) is 15. The van der Waals surface area contributed by atoms with Crippen LogP contribution in [0.1, 0.15) is 113 Å². The number of rotatable bonds is 12. The van der Waals surface area contributed by atoms with Crippen molar-refractivity contribution in [3.05, 3.63) is 11.6 Å². The zero-order chi connectivity index (χ0) is 61.3. The van der Waals surface area contributed by atoms with E-state index < -0.39 is 201 Å². The van der Waals surface area contributed by atoms with E-state index in [4.69, 9.17) is 47.4 Å². The van der Waals surface area contributed by atoms with Crippen LogP contribution < -0.4 is 0 Å². The maximum Gasteiger partial charge on any atom is 0.315 e. The number of hydrogen-bond acceptors (Lipinski definition) is 26. The molecule has 26 nitrogen and oxygen atoms in total. The third-order valence-corrected chi connectivity index (χ3v) is 23.1. The third-order valence-electron chi connectivity index (χ3n) is 23.1. The fourth-order valence-corrected chi connectivity index (χ4v) is 17.5. The van der Waals surface area contributed by atoms with Crippen LogP contribution in [-0.2, 0) is 52.2 Å². The topological polar surface area (TPSA) is 413 Å². The van der Waals surface area contributed by atoms with Gasteiger partial charge in [-0.15, -0.1) is 0 Å². The van der Waals surface area contributed by atoms with Crippen LogP contribution in [0.25, 0.3) is 0 Å². The van der Waals surface area contributed by atoms with Gasteiger partial charge >= 0.3 is 5.97 Å². The molecule has 0 radical (unpaired) electrons. The van der Waals surface area contributed by atoms with Crippen LogP contribution in [0, 0.1) is 50.7 Å². The molecule has 84 heavy (non-hydrogen) atoms. The molecule has 5 saturated heterocycles. The lowest BCUT2D eigenvalue weighted by Gasteiger charge is -2.72. The van der Waals surface area contributed by atoms with Gasteiger partial charge in [0.1, 0.15) is 97.7 Å². The lowest BCUT2D eigenvalue weighted by atomic mass is 9.33. The van der Waals surface area contributed by atoms with Crippen molar-refractivity contribution in [1.29, 1.82) is 0 Å². The minimum atomic E-state index is -1.95. The first kappa shape index (κ1) is 65.2. The Morgan fingerprint density at radius 3 is 1.87 bits per heavy atom. The molecule has 15 N–H and O–H groups in total. The first-order valence-electron chi connectivity index (χ1n) is 30.2. The SMILES string of the molecule is C[C@@H]1O[C@@H](O[C@H]2[C@H](OC(=O)[C@]34CC[C@@H](C)[C@@](C)(O)[C@@H]3C3=CC[C@H]5[C@@]6(C)CC[C@H](O[C@@H]7OC[C@H](O)[C@H](O[C@@H]8O[C@H](CO)[C@@H](O)[C@H](O)[C@H]8O)[C@H]7O)C(C)(C)[C@H]6CC[C@@]5(C)[C@]3(C)CC4)O[C@H](CO[C@@H]3OC[C@@H](O)[C@H](O)[C@H]3O)[C@@H](O)[C@@H]2O)[C@H](O)[C@H](O)[C@H]1O. The first-order valence-corrected chi connectivity index (χ1v) is 30.2. The summed E-state index contributed by atoms with van der Waals surface area (Å²) in [5, 5.41) is 163. The number of aliphatic hydroxyl groups excluding tert-OH is 14. The van der Waals surface area contributed by atoms with E-state index in [0.29, 0.717) is 32.1 Å². The Labute approximate surface area is 488 Å². The largest absolute Gasteiger partial charge is 0.432 e. The maximum atomic E-state index is 15.7. The number of esters is 1. The van der Waals surface area contributed by atoms with Gasteiger partial charge in [-0.1, -0.05) is 53.2 Å². The van der Waals surface area contributed by atoms with E-state index in [1.54, 1.807) is 6.92 Å². The predicted octanol–water partition coefficient (Wildman–Crippen LogP) is -2.93. The van der Waals surface area contributed by atoms with E-state index in [-0.39, 0.29) is 41.6 Å². The number of fused-ring (bicyclic) bond motifs is 7. The molecule has 0 bridgehead atoms. The fourth-order valence-electron chi connectivity index (χ4n) is 17.5. The summed E-state index contributed by atoms with van der Waals surface area (Å²) in [5.41, 5.74) is -3.60. The normalized spacial score (nSPS) is 55.8. The highest BCUT2D eigenvalue weighted by atomic mass is 16.8. The number of aliphatic hydroxyl groups is 15. The molecule has 10 aliphatic rings. The predicted molar refractivity (Wildman–Crippen MR) is 283 cm³/mol. The quantitative estimate of drug-likeness (QED) is 0.0528. The lowest BCUT2D eigenvalue weighted by molar-refractivity contribution is -0.365. The fraction of sp³-hybridized carbons (Fsp3) is 0.948. The Kier molecular flexibility index (Phi) is 18.5. The molecule has 5 aliphatic heterocycles. The average Bonchev–Trinajstić information content (AvgIpc) is 0.695. The molecule has 10 rings (SSSR count). The molecule has 5 heterocycles. The minimum absolute atomic E-state index is 0.0912. The van der Waals surface area contributed by atoms with Crippen LogP contribution in [0.5, 0.6) is 0 Å². The van der Waals surface area contributed by atoms with Crippen molar-refractivity contribution in [3.63, 3.8) is 0 Å². The van der Waals surface area contributed by atoms with Gasteiger partial charge in [0.25, 0.3) is 0 Å². The molecule has 26 heteroatoms. The van der Waals surface area contributed by atoms with Crippen LogP contribution in [-0.4, -0.2) is 262 Å². The second-order valence-electron chi connectivity index (χ2n) is 27.9. The lowest BCUT2D eigenvalue weighted by Crippen LogP contribution is -2.68. The Morgan fingerprint density at radius 2 is 1.18 bits per heavy atom. The van der Waals surface area contributed by atoms with Gasteiger partial charge in [-0.25, -0.2) is 0 Å². The summed E-state index contributed by atoms with van der Waals surface area (Å²) in [6.07, 6.45) is -30.1. The van der Waals surface area contributed by atoms with E-state index in [9.17, 15) is 76.6 Å². The molecule has 0 aromatic carbocycles. The smallest absolute Gasteiger partial charge is 0.315 e. The summed E-state index contributed by atoms with van der Waals surface area (Å²) in [6, 6.07) is 0. The summed E-state index contributed by atoms with van der Waals surface area (Å²) in [5.74, 6) is -1.65. The Bertz CT molecular complexity index is 2350. The van der Waals surface area contributed by atoms with E-state index in [1.165, 1.54) is 6.92 Å². The number of carbonyl (C=O) groups is 1. The van der Waals surface area contributed by atoms with Crippen molar-refractivity contribution < 1.29 is 129 Å². The Hall–Kier alpha value is -1.75. The molecular formula is C58H94O26. The maximum absolute atomic E-state index is 15.7. The molecular weight excluding hydrogens is 1110 g/mol. The highest BCUT2D eigenvalue weighted by Gasteiger charge is 2.72. The zero-order valence-corrected chi connectivity index (χ0v) is 49.1. The van der Waals surface area contributed by atoms with Crippen molar-refractivity contribution >= 4 is 5.97 Å². The Morgan fingerprint density at radius 1 is 0.571 bits per heavy atom. The molecule has 33 atom stereocenters. The number of ether oxygens (including phenoxy) is 10. The van der Waals surface area contributed by atoms with Crippen LogP contribution in [0.2, 0.25) is 0 Å². The molecule has 0 spiro atoms. The van der Waals surface area contributed by atoms with Gasteiger partial charge < -0.3 is 124 Å². The number of carbonyl (C=O) groups excluding carboxylic acids is 1. The molecule has 482 valence electrons. The Balaban J connectivity index is 0.895.